The maximum atomic E-state index is 12.6. The molecule has 1 unspecified atom stereocenters. The molecule has 2 aromatic carbocycles. The Kier molecular flexibility index (Phi) is 6.32. The number of benzene rings is 2. The van der Waals surface area contributed by atoms with Crippen molar-refractivity contribution in [2.45, 2.75) is 18.6 Å². The van der Waals surface area contributed by atoms with Crippen molar-refractivity contribution < 1.29 is 19.4 Å². The Morgan fingerprint density at radius 2 is 1.42 bits per heavy atom. The number of hydrogen-bond donors (Lipinski definition) is 3. The first-order chi connectivity index (χ1) is 11.4. The fraction of sp³-hybridized carbons (Fsp3) is 0.278. The van der Waals surface area contributed by atoms with Gasteiger partial charge in [0.25, 0.3) is 0 Å². The van der Waals surface area contributed by atoms with E-state index in [9.17, 15) is 19.4 Å². The first-order valence-corrected chi connectivity index (χ1v) is 9.67. The molecule has 0 radical (unpaired) electrons. The average Bonchev–Trinajstić information content (AvgIpc) is 2.56. The van der Waals surface area contributed by atoms with Gasteiger partial charge >= 0.3 is 5.97 Å². The summed E-state index contributed by atoms with van der Waals surface area (Å²) in [7, 11) is -3.80. The number of aliphatic carboxylic acids is 1. The zero-order valence-corrected chi connectivity index (χ0v) is 14.2. The number of rotatable bonds is 8. The van der Waals surface area contributed by atoms with Crippen molar-refractivity contribution in [3.05, 3.63) is 71.8 Å². The van der Waals surface area contributed by atoms with E-state index in [1.807, 2.05) is 60.7 Å². The lowest BCUT2D eigenvalue weighted by molar-refractivity contribution is -0.141. The molecule has 0 bridgehead atoms. The summed E-state index contributed by atoms with van der Waals surface area (Å²) in [6.07, 6.45) is 0.121. The normalized spacial score (nSPS) is 16.1. The molecule has 3 atom stereocenters. The lowest BCUT2D eigenvalue weighted by Crippen LogP contribution is -2.29. The van der Waals surface area contributed by atoms with Crippen LogP contribution in [0.4, 0.5) is 0 Å². The lowest BCUT2D eigenvalue weighted by atomic mass is 10.0. The fourth-order valence-electron chi connectivity index (χ4n) is 2.58. The monoisotopic (exact) mass is 347 g/mol. The van der Waals surface area contributed by atoms with E-state index in [0.717, 1.165) is 11.1 Å². The van der Waals surface area contributed by atoms with E-state index in [-0.39, 0.29) is 19.0 Å². The molecule has 0 fully saturated rings. The summed E-state index contributed by atoms with van der Waals surface area (Å²) < 4.78 is 12.6. The van der Waals surface area contributed by atoms with Crippen molar-refractivity contribution in [1.29, 1.82) is 0 Å². The second-order valence-electron chi connectivity index (χ2n) is 5.92. The Balaban J connectivity index is 2.06. The average molecular weight is 347 g/mol. The summed E-state index contributed by atoms with van der Waals surface area (Å²) in [5, 5.41) is 9.40. The topological polar surface area (TPSA) is 101 Å². The van der Waals surface area contributed by atoms with Crippen molar-refractivity contribution in [1.82, 2.24) is 0 Å². The molecule has 24 heavy (non-hydrogen) atoms. The smallest absolute Gasteiger partial charge is 0.307 e. The van der Waals surface area contributed by atoms with Crippen LogP contribution in [0.5, 0.6) is 0 Å². The van der Waals surface area contributed by atoms with Crippen LogP contribution in [-0.2, 0) is 22.2 Å². The number of hydrogen-bond acceptors (Lipinski definition) is 3. The van der Waals surface area contributed by atoms with Gasteiger partial charge in [-0.25, -0.2) is 0 Å². The first-order valence-electron chi connectivity index (χ1n) is 7.76. The van der Waals surface area contributed by atoms with Gasteiger partial charge < -0.3 is 15.7 Å². The molecule has 0 aliphatic heterocycles. The zero-order valence-electron chi connectivity index (χ0n) is 13.3. The van der Waals surface area contributed by atoms with Crippen molar-refractivity contribution in [3.63, 3.8) is 0 Å². The second-order valence-corrected chi connectivity index (χ2v) is 8.46. The molecule has 0 saturated carbocycles. The molecule has 0 amide bonds. The molecule has 0 aliphatic rings. The van der Waals surface area contributed by atoms with Crippen LogP contribution < -0.4 is 5.73 Å². The molecular weight excluding hydrogens is 325 g/mol. The van der Waals surface area contributed by atoms with Crippen molar-refractivity contribution >= 4 is 13.3 Å². The predicted octanol–water partition coefficient (Wildman–Crippen LogP) is 2.73. The summed E-state index contributed by atoms with van der Waals surface area (Å²) in [6.45, 7) is 0. The maximum Gasteiger partial charge on any atom is 0.307 e. The summed E-state index contributed by atoms with van der Waals surface area (Å²) >= 11 is 0. The molecule has 2 aromatic rings. The van der Waals surface area contributed by atoms with Crippen LogP contribution in [-0.4, -0.2) is 27.9 Å². The van der Waals surface area contributed by atoms with Gasteiger partial charge in [0, 0.05) is 6.16 Å². The van der Waals surface area contributed by atoms with E-state index in [1.165, 1.54) is 0 Å². The summed E-state index contributed by atoms with van der Waals surface area (Å²) in [6, 6.07) is 18.3. The summed E-state index contributed by atoms with van der Waals surface area (Å²) in [5.41, 5.74) is 7.60. The molecule has 0 saturated heterocycles. The van der Waals surface area contributed by atoms with Crippen LogP contribution in [0.25, 0.3) is 0 Å². The predicted molar refractivity (Wildman–Crippen MR) is 94.1 cm³/mol. The van der Waals surface area contributed by atoms with Crippen LogP contribution in [0.3, 0.4) is 0 Å². The number of nitrogens with two attached hydrogens (primary N) is 1. The molecule has 0 spiro atoms. The third-order valence-corrected chi connectivity index (χ3v) is 6.15. The quantitative estimate of drug-likeness (QED) is 0.638. The van der Waals surface area contributed by atoms with Gasteiger partial charge in [0.05, 0.1) is 11.7 Å². The molecule has 6 heteroatoms. The van der Waals surface area contributed by atoms with Gasteiger partial charge in [0.15, 0.2) is 0 Å². The highest BCUT2D eigenvalue weighted by atomic mass is 31.2. The minimum absolute atomic E-state index is 0.207. The maximum absolute atomic E-state index is 12.6. The van der Waals surface area contributed by atoms with E-state index in [2.05, 4.69) is 0 Å². The Hall–Kier alpha value is -1.94. The highest BCUT2D eigenvalue weighted by molar-refractivity contribution is 7.58. The third-order valence-electron chi connectivity index (χ3n) is 3.96. The van der Waals surface area contributed by atoms with E-state index >= 15 is 0 Å². The molecule has 0 aromatic heterocycles. The van der Waals surface area contributed by atoms with Gasteiger partial charge in [-0.1, -0.05) is 60.7 Å². The van der Waals surface area contributed by atoms with Gasteiger partial charge in [-0.3, -0.25) is 9.36 Å². The fourth-order valence-corrected chi connectivity index (χ4v) is 4.26. The largest absolute Gasteiger partial charge is 0.481 e. The van der Waals surface area contributed by atoms with Gasteiger partial charge in [-0.05, 0) is 24.0 Å². The number of carboxylic acid groups (broad SMARTS) is 1. The van der Waals surface area contributed by atoms with Crippen LogP contribution in [0, 0.1) is 5.92 Å². The molecule has 0 aliphatic carbocycles. The van der Waals surface area contributed by atoms with E-state index in [4.69, 9.17) is 5.73 Å². The SMILES string of the molecule is N[C@H](Cc1ccccc1)P(=O)(O)C[C@@H](Cc1ccccc1)C(=O)O. The minimum Gasteiger partial charge on any atom is -0.481 e. The van der Waals surface area contributed by atoms with Crippen molar-refractivity contribution in [3.8, 4) is 0 Å². The molecular formula is C18H22NO4P. The standard InChI is InChI=1S/C18H22NO4P/c19-17(12-15-9-5-2-6-10-15)24(22,23)13-16(18(20)21)11-14-7-3-1-4-8-14/h1-10,16-17H,11-13,19H2,(H,20,21)(H,22,23)/t16-,17+/m1/s1. The second kappa shape index (κ2) is 8.25. The van der Waals surface area contributed by atoms with E-state index in [1.54, 1.807) is 0 Å². The Morgan fingerprint density at radius 3 is 1.88 bits per heavy atom. The first kappa shape index (κ1) is 18.4. The van der Waals surface area contributed by atoms with Crippen molar-refractivity contribution in [2.24, 2.45) is 11.7 Å². The Bertz CT molecular complexity index is 705. The molecule has 0 heterocycles. The van der Waals surface area contributed by atoms with Crippen LogP contribution >= 0.6 is 7.37 Å². The Labute approximate surface area is 141 Å². The number of carbonyl (C=O) groups is 1. The van der Waals surface area contributed by atoms with Gasteiger partial charge in [0.1, 0.15) is 0 Å². The van der Waals surface area contributed by atoms with E-state index < -0.39 is 25.0 Å². The third kappa shape index (κ3) is 5.31. The molecule has 128 valence electrons. The molecule has 2 rings (SSSR count). The van der Waals surface area contributed by atoms with Gasteiger partial charge in [-0.2, -0.15) is 0 Å². The highest BCUT2D eigenvalue weighted by Gasteiger charge is 2.34. The van der Waals surface area contributed by atoms with Gasteiger partial charge in [-0.15, -0.1) is 0 Å². The minimum atomic E-state index is -3.80. The Morgan fingerprint density at radius 1 is 0.958 bits per heavy atom. The molecule has 5 nitrogen and oxygen atoms in total. The molecule has 4 N–H and O–H groups in total. The summed E-state index contributed by atoms with van der Waals surface area (Å²) in [4.78, 5) is 21.8. The van der Waals surface area contributed by atoms with Crippen LogP contribution in [0.1, 0.15) is 11.1 Å². The summed E-state index contributed by atoms with van der Waals surface area (Å²) in [5.74, 6) is -3.00. The van der Waals surface area contributed by atoms with Gasteiger partial charge in [0.2, 0.25) is 7.37 Å². The van der Waals surface area contributed by atoms with Crippen LogP contribution in [0.15, 0.2) is 60.7 Å². The zero-order chi connectivity index (χ0) is 17.6. The highest BCUT2D eigenvalue weighted by Crippen LogP contribution is 2.47. The van der Waals surface area contributed by atoms with Crippen LogP contribution in [0.2, 0.25) is 0 Å². The van der Waals surface area contributed by atoms with E-state index in [0.29, 0.717) is 0 Å². The number of carboxylic acids is 1. The van der Waals surface area contributed by atoms with Crippen molar-refractivity contribution in [2.75, 3.05) is 6.16 Å². The lowest BCUT2D eigenvalue weighted by Gasteiger charge is -2.22.